The number of benzene rings is 2. The number of hydrogen-bond donors (Lipinski definition) is 2. The maximum atomic E-state index is 12.7. The van der Waals surface area contributed by atoms with Gasteiger partial charge in [0.15, 0.2) is 5.11 Å². The first-order chi connectivity index (χ1) is 13.4. The molecule has 2 aromatic rings. The van der Waals surface area contributed by atoms with E-state index in [1.165, 1.54) is 20.0 Å². The second-order valence-electron chi connectivity index (χ2n) is 6.57. The number of hydrogen-bond acceptors (Lipinski definition) is 4. The molecule has 0 atom stereocenters. The summed E-state index contributed by atoms with van der Waals surface area (Å²) in [6.07, 6.45) is 2.37. The number of rotatable bonds is 4. The number of halogens is 2. The molecular formula is C20H21BrClN3O2S. The molecule has 0 unspecified atom stereocenters. The van der Waals surface area contributed by atoms with E-state index in [1.54, 1.807) is 6.07 Å². The minimum atomic E-state index is -0.349. The molecule has 0 bridgehead atoms. The Morgan fingerprint density at radius 1 is 1.25 bits per heavy atom. The van der Waals surface area contributed by atoms with E-state index in [1.807, 2.05) is 31.2 Å². The van der Waals surface area contributed by atoms with E-state index in [0.29, 0.717) is 16.3 Å². The van der Waals surface area contributed by atoms with Crippen molar-refractivity contribution >= 4 is 62.1 Å². The van der Waals surface area contributed by atoms with Gasteiger partial charge in [0, 0.05) is 23.2 Å². The predicted molar refractivity (Wildman–Crippen MR) is 122 cm³/mol. The maximum absolute atomic E-state index is 12.7. The third kappa shape index (κ3) is 4.77. The summed E-state index contributed by atoms with van der Waals surface area (Å²) in [5.74, 6) is 0.167. The first-order valence-corrected chi connectivity index (χ1v) is 10.5. The molecule has 1 aliphatic heterocycles. The first kappa shape index (κ1) is 20.9. The highest BCUT2D eigenvalue weighted by Gasteiger charge is 2.18. The predicted octanol–water partition coefficient (Wildman–Crippen LogP) is 5.15. The van der Waals surface area contributed by atoms with E-state index in [9.17, 15) is 4.79 Å². The summed E-state index contributed by atoms with van der Waals surface area (Å²) in [5, 5.41) is 6.55. The number of carbonyl (C=O) groups is 1. The Kier molecular flexibility index (Phi) is 6.80. The Morgan fingerprint density at radius 2 is 1.96 bits per heavy atom. The van der Waals surface area contributed by atoms with Crippen molar-refractivity contribution in [3.8, 4) is 5.75 Å². The van der Waals surface area contributed by atoms with Crippen LogP contribution in [0.25, 0.3) is 0 Å². The van der Waals surface area contributed by atoms with Gasteiger partial charge in [-0.05, 0) is 67.9 Å². The molecule has 1 heterocycles. The lowest BCUT2D eigenvalue weighted by atomic mass is 10.1. The van der Waals surface area contributed by atoms with Crippen molar-refractivity contribution in [1.82, 2.24) is 5.32 Å². The quantitative estimate of drug-likeness (QED) is 0.591. The van der Waals surface area contributed by atoms with Crippen molar-refractivity contribution in [3.63, 3.8) is 0 Å². The van der Waals surface area contributed by atoms with Crippen LogP contribution in [0.2, 0.25) is 5.02 Å². The summed E-state index contributed by atoms with van der Waals surface area (Å²) in [4.78, 5) is 14.9. The van der Waals surface area contributed by atoms with E-state index < -0.39 is 0 Å². The van der Waals surface area contributed by atoms with Crippen LogP contribution in [0.4, 0.5) is 11.4 Å². The smallest absolute Gasteiger partial charge is 0.261 e. The van der Waals surface area contributed by atoms with E-state index >= 15 is 0 Å². The molecule has 0 aliphatic carbocycles. The highest BCUT2D eigenvalue weighted by atomic mass is 79.9. The van der Waals surface area contributed by atoms with Gasteiger partial charge >= 0.3 is 0 Å². The number of carbonyl (C=O) groups excluding carboxylic acids is 1. The monoisotopic (exact) mass is 481 g/mol. The van der Waals surface area contributed by atoms with Crippen molar-refractivity contribution in [2.75, 3.05) is 30.4 Å². The Balaban J connectivity index is 1.69. The van der Waals surface area contributed by atoms with Crippen LogP contribution in [-0.4, -0.2) is 31.2 Å². The number of ether oxygens (including phenoxy) is 1. The van der Waals surface area contributed by atoms with Gasteiger partial charge in [-0.3, -0.25) is 10.1 Å². The van der Waals surface area contributed by atoms with Gasteiger partial charge in [0.1, 0.15) is 5.75 Å². The lowest BCUT2D eigenvalue weighted by molar-refractivity contribution is 0.0974. The van der Waals surface area contributed by atoms with Crippen LogP contribution in [0, 0.1) is 6.92 Å². The third-order valence-electron chi connectivity index (χ3n) is 4.57. The molecule has 0 radical (unpaired) electrons. The van der Waals surface area contributed by atoms with Crippen LogP contribution in [0.3, 0.4) is 0 Å². The third-order valence-corrected chi connectivity index (χ3v) is 5.53. The Hall–Kier alpha value is -1.83. The Bertz CT molecular complexity index is 917. The van der Waals surface area contributed by atoms with Gasteiger partial charge in [-0.2, -0.15) is 0 Å². The Morgan fingerprint density at radius 3 is 2.61 bits per heavy atom. The van der Waals surface area contributed by atoms with Gasteiger partial charge in [0.2, 0.25) is 0 Å². The zero-order chi connectivity index (χ0) is 20.3. The summed E-state index contributed by atoms with van der Waals surface area (Å²) >= 11 is 15.1. The normalized spacial score (nSPS) is 13.4. The standard InChI is InChI=1S/C20H21BrClN3O2S/c1-12-9-13(21)10-15(18(12)27-2)19(26)24-20(28)23-14-5-6-17(16(22)11-14)25-7-3-4-8-25/h5-6,9-11H,3-4,7-8H2,1-2H3,(H2,23,24,26,28). The van der Waals surface area contributed by atoms with Crippen molar-refractivity contribution in [2.45, 2.75) is 19.8 Å². The summed E-state index contributed by atoms with van der Waals surface area (Å²) in [6, 6.07) is 9.28. The molecular weight excluding hydrogens is 462 g/mol. The van der Waals surface area contributed by atoms with Crippen molar-refractivity contribution in [3.05, 3.63) is 51.0 Å². The zero-order valence-corrected chi connectivity index (χ0v) is 18.8. The Labute approximate surface area is 183 Å². The van der Waals surface area contributed by atoms with Gasteiger partial charge in [-0.25, -0.2) is 0 Å². The molecule has 0 spiro atoms. The molecule has 3 rings (SSSR count). The number of nitrogens with one attached hydrogen (secondary N) is 2. The van der Waals surface area contributed by atoms with E-state index in [4.69, 9.17) is 28.6 Å². The van der Waals surface area contributed by atoms with Gasteiger partial charge in [0.05, 0.1) is 23.4 Å². The fourth-order valence-corrected chi connectivity index (χ4v) is 4.38. The van der Waals surface area contributed by atoms with Gasteiger partial charge in [-0.1, -0.05) is 27.5 Å². The lowest BCUT2D eigenvalue weighted by Crippen LogP contribution is -2.34. The molecule has 2 N–H and O–H groups in total. The van der Waals surface area contributed by atoms with Gasteiger partial charge in [0.25, 0.3) is 5.91 Å². The molecule has 0 saturated carbocycles. The van der Waals surface area contributed by atoms with E-state index in [-0.39, 0.29) is 11.0 Å². The molecule has 1 fully saturated rings. The second kappa shape index (κ2) is 9.11. The lowest BCUT2D eigenvalue weighted by Gasteiger charge is -2.20. The van der Waals surface area contributed by atoms with Crippen molar-refractivity contribution < 1.29 is 9.53 Å². The average Bonchev–Trinajstić information content (AvgIpc) is 3.15. The molecule has 1 amide bonds. The fraction of sp³-hybridized carbons (Fsp3) is 0.300. The number of thiocarbonyl (C=S) groups is 1. The molecule has 148 valence electrons. The molecule has 28 heavy (non-hydrogen) atoms. The van der Waals surface area contributed by atoms with E-state index in [2.05, 4.69) is 31.5 Å². The average molecular weight is 483 g/mol. The van der Waals surface area contributed by atoms with Crippen LogP contribution >= 0.6 is 39.7 Å². The molecule has 1 saturated heterocycles. The maximum Gasteiger partial charge on any atom is 0.261 e. The summed E-state index contributed by atoms with van der Waals surface area (Å²) in [7, 11) is 1.54. The number of amides is 1. The SMILES string of the molecule is COc1c(C)cc(Br)cc1C(=O)NC(=S)Nc1ccc(N2CCCC2)c(Cl)c1. The van der Waals surface area contributed by atoms with Gasteiger partial charge in [-0.15, -0.1) is 0 Å². The summed E-state index contributed by atoms with van der Waals surface area (Å²) < 4.78 is 6.15. The van der Waals surface area contributed by atoms with Crippen molar-refractivity contribution in [2.24, 2.45) is 0 Å². The number of methoxy groups -OCH3 is 1. The molecule has 5 nitrogen and oxygen atoms in total. The largest absolute Gasteiger partial charge is 0.496 e. The number of aryl methyl sites for hydroxylation is 1. The molecule has 0 aromatic heterocycles. The topological polar surface area (TPSA) is 53.6 Å². The fourth-order valence-electron chi connectivity index (χ4n) is 3.30. The minimum Gasteiger partial charge on any atom is -0.496 e. The minimum absolute atomic E-state index is 0.190. The summed E-state index contributed by atoms with van der Waals surface area (Å²) in [6.45, 7) is 3.92. The summed E-state index contributed by atoms with van der Waals surface area (Å²) in [5.41, 5.74) is 3.00. The highest BCUT2D eigenvalue weighted by molar-refractivity contribution is 9.10. The van der Waals surface area contributed by atoms with Crippen LogP contribution in [-0.2, 0) is 0 Å². The molecule has 1 aliphatic rings. The van der Waals surface area contributed by atoms with Crippen LogP contribution in [0.1, 0.15) is 28.8 Å². The molecule has 2 aromatic carbocycles. The van der Waals surface area contributed by atoms with Crippen molar-refractivity contribution in [1.29, 1.82) is 0 Å². The highest BCUT2D eigenvalue weighted by Crippen LogP contribution is 2.31. The van der Waals surface area contributed by atoms with Crippen LogP contribution < -0.4 is 20.3 Å². The molecule has 8 heteroatoms. The van der Waals surface area contributed by atoms with E-state index in [0.717, 1.165) is 34.5 Å². The second-order valence-corrected chi connectivity index (χ2v) is 8.30. The van der Waals surface area contributed by atoms with Crippen LogP contribution in [0.15, 0.2) is 34.8 Å². The van der Waals surface area contributed by atoms with Gasteiger partial charge < -0.3 is 15.0 Å². The van der Waals surface area contributed by atoms with Crippen LogP contribution in [0.5, 0.6) is 5.75 Å². The number of anilines is 2. The zero-order valence-electron chi connectivity index (χ0n) is 15.6. The number of nitrogens with zero attached hydrogens (tertiary/aromatic N) is 1. The first-order valence-electron chi connectivity index (χ1n) is 8.90.